The molecule has 1 aromatic carbocycles. The molecule has 1 amide bonds. The molecular formula is C17H29NO4. The van der Waals surface area contributed by atoms with E-state index < -0.39 is 12.2 Å². The molecule has 0 aromatic heterocycles. The van der Waals surface area contributed by atoms with Crippen LogP contribution in [-0.4, -0.2) is 35.3 Å². The van der Waals surface area contributed by atoms with E-state index in [9.17, 15) is 15.0 Å². The van der Waals surface area contributed by atoms with E-state index in [1.54, 1.807) is 20.2 Å². The van der Waals surface area contributed by atoms with Gasteiger partial charge in [0.2, 0.25) is 0 Å². The molecule has 0 spiro atoms. The average Bonchev–Trinajstić information content (AvgIpc) is 2.34. The molecule has 2 N–H and O–H groups in total. The molecule has 0 aliphatic heterocycles. The number of hydrogen-bond acceptors (Lipinski definition) is 4. The topological polar surface area (TPSA) is 70.0 Å². The minimum atomic E-state index is -0.701. The van der Waals surface area contributed by atoms with Crippen LogP contribution in [0, 0.1) is 5.41 Å². The zero-order chi connectivity index (χ0) is 16.2. The monoisotopic (exact) mass is 311 g/mol. The van der Waals surface area contributed by atoms with Crippen LogP contribution in [0.1, 0.15) is 52.7 Å². The van der Waals surface area contributed by atoms with Crippen LogP contribution >= 0.6 is 0 Å². The van der Waals surface area contributed by atoms with Gasteiger partial charge in [0.05, 0.1) is 6.10 Å². The summed E-state index contributed by atoms with van der Waals surface area (Å²) in [7, 11) is 3.15. The van der Waals surface area contributed by atoms with Crippen LogP contribution in [0.15, 0.2) is 18.2 Å². The number of nitrogens with zero attached hydrogens (tertiary/aromatic N) is 1. The van der Waals surface area contributed by atoms with Gasteiger partial charge < -0.3 is 19.8 Å². The highest BCUT2D eigenvalue weighted by molar-refractivity contribution is 5.70. The molecule has 22 heavy (non-hydrogen) atoms. The van der Waals surface area contributed by atoms with E-state index >= 15 is 0 Å². The number of aliphatic hydroxyl groups is 1. The number of aromatic hydroxyl groups is 1. The van der Waals surface area contributed by atoms with Crippen molar-refractivity contribution in [1.29, 1.82) is 0 Å². The molecule has 0 radical (unpaired) electrons. The third-order valence-electron chi connectivity index (χ3n) is 3.04. The number of hydrogen-bond donors (Lipinski definition) is 2. The summed E-state index contributed by atoms with van der Waals surface area (Å²) in [6.07, 6.45) is 0.189. The summed E-state index contributed by atoms with van der Waals surface area (Å²) in [5, 5.41) is 19.9. The lowest BCUT2D eigenvalue weighted by Crippen LogP contribution is -2.25. The predicted molar refractivity (Wildman–Crippen MR) is 88.2 cm³/mol. The highest BCUT2D eigenvalue weighted by atomic mass is 16.6. The molecule has 0 aliphatic rings. The van der Waals surface area contributed by atoms with Gasteiger partial charge in [0.1, 0.15) is 11.5 Å². The summed E-state index contributed by atoms with van der Waals surface area (Å²) < 4.78 is 5.11. The number of phenolic OH excluding ortho intramolecular Hbond substituents is 1. The van der Waals surface area contributed by atoms with Crippen molar-refractivity contribution in [3.8, 4) is 11.5 Å². The molecule has 0 saturated carbocycles. The Balaban J connectivity index is 0.00000441. The Bertz CT molecular complexity index is 492. The molecule has 0 bridgehead atoms. The first-order valence-electron chi connectivity index (χ1n) is 6.99. The minimum absolute atomic E-state index is 0. The second kappa shape index (κ2) is 8.03. The lowest BCUT2D eigenvalue weighted by atomic mass is 9.88. The first-order chi connectivity index (χ1) is 9.58. The Morgan fingerprint density at radius 3 is 2.36 bits per heavy atom. The van der Waals surface area contributed by atoms with Gasteiger partial charge >= 0.3 is 6.09 Å². The third-order valence-corrected chi connectivity index (χ3v) is 3.04. The van der Waals surface area contributed by atoms with E-state index in [1.807, 2.05) is 0 Å². The molecule has 5 nitrogen and oxygen atoms in total. The highest BCUT2D eigenvalue weighted by Gasteiger charge is 2.17. The number of carbonyl (C=O) groups excluding carboxylic acids is 1. The molecular weight excluding hydrogens is 282 g/mol. The van der Waals surface area contributed by atoms with Gasteiger partial charge in [-0.05, 0) is 36.0 Å². The van der Waals surface area contributed by atoms with Crippen molar-refractivity contribution >= 4 is 6.09 Å². The number of phenols is 1. The molecule has 1 aromatic rings. The number of carbonyl (C=O) groups is 1. The second-order valence-electron chi connectivity index (χ2n) is 6.64. The van der Waals surface area contributed by atoms with Crippen molar-refractivity contribution < 1.29 is 19.7 Å². The smallest absolute Gasteiger partial charge is 0.414 e. The number of rotatable bonds is 4. The number of benzene rings is 1. The number of aliphatic hydroxyl groups excluding tert-OH is 1. The summed E-state index contributed by atoms with van der Waals surface area (Å²) in [5.41, 5.74) is 0.665. The van der Waals surface area contributed by atoms with Gasteiger partial charge in [-0.3, -0.25) is 0 Å². The van der Waals surface area contributed by atoms with Gasteiger partial charge in [-0.25, -0.2) is 4.79 Å². The quantitative estimate of drug-likeness (QED) is 0.883. The first kappa shape index (κ1) is 20.2. The lowest BCUT2D eigenvalue weighted by molar-refractivity contribution is 0.146. The third kappa shape index (κ3) is 6.80. The molecule has 126 valence electrons. The lowest BCUT2D eigenvalue weighted by Gasteiger charge is -2.21. The Morgan fingerprint density at radius 1 is 1.27 bits per heavy atom. The van der Waals surface area contributed by atoms with Gasteiger partial charge in [0.15, 0.2) is 0 Å². The second-order valence-corrected chi connectivity index (χ2v) is 6.64. The van der Waals surface area contributed by atoms with Crippen molar-refractivity contribution in [2.24, 2.45) is 5.41 Å². The Kier molecular flexibility index (Phi) is 7.39. The average molecular weight is 311 g/mol. The van der Waals surface area contributed by atoms with Crippen LogP contribution in [0.4, 0.5) is 4.79 Å². The summed E-state index contributed by atoms with van der Waals surface area (Å²) >= 11 is 0. The minimum Gasteiger partial charge on any atom is -0.508 e. The number of ether oxygens (including phenoxy) is 1. The highest BCUT2D eigenvalue weighted by Crippen LogP contribution is 2.31. The van der Waals surface area contributed by atoms with Gasteiger partial charge in [-0.2, -0.15) is 0 Å². The molecule has 0 saturated heterocycles. The van der Waals surface area contributed by atoms with Gasteiger partial charge in [0, 0.05) is 20.2 Å². The fraction of sp³-hybridized carbons (Fsp3) is 0.588. The summed E-state index contributed by atoms with van der Waals surface area (Å²) in [6.45, 7) is 6.31. The van der Waals surface area contributed by atoms with Crippen molar-refractivity contribution in [2.45, 2.75) is 47.1 Å². The molecule has 1 atom stereocenters. The Hall–Kier alpha value is -1.75. The zero-order valence-electron chi connectivity index (χ0n) is 13.4. The van der Waals surface area contributed by atoms with Crippen LogP contribution in [0.25, 0.3) is 0 Å². The predicted octanol–water partition coefficient (Wildman–Crippen LogP) is 3.95. The Labute approximate surface area is 133 Å². The summed E-state index contributed by atoms with van der Waals surface area (Å²) in [5.74, 6) is 0.183. The van der Waals surface area contributed by atoms with Crippen molar-refractivity contribution in [3.63, 3.8) is 0 Å². The standard InChI is InChI=1S/C16H25NO4.CH4/c1-16(2,3)7-6-14(19)11-8-12(18)10-13(9-11)21-15(20)17(4)5;/h8-10,14,18-19H,6-7H2,1-5H3;1H4. The van der Waals surface area contributed by atoms with Gasteiger partial charge in [-0.1, -0.05) is 28.2 Å². The van der Waals surface area contributed by atoms with E-state index in [4.69, 9.17) is 4.74 Å². The molecule has 5 heteroatoms. The van der Waals surface area contributed by atoms with Gasteiger partial charge in [-0.15, -0.1) is 0 Å². The van der Waals surface area contributed by atoms with E-state index in [2.05, 4.69) is 20.8 Å². The van der Waals surface area contributed by atoms with E-state index in [0.717, 1.165) is 6.42 Å². The van der Waals surface area contributed by atoms with Crippen LogP contribution < -0.4 is 4.74 Å². The fourth-order valence-electron chi connectivity index (χ4n) is 1.79. The summed E-state index contributed by atoms with van der Waals surface area (Å²) in [4.78, 5) is 12.8. The van der Waals surface area contributed by atoms with Crippen LogP contribution in [0.3, 0.4) is 0 Å². The van der Waals surface area contributed by atoms with Crippen molar-refractivity contribution in [1.82, 2.24) is 4.90 Å². The Morgan fingerprint density at radius 2 is 1.86 bits per heavy atom. The van der Waals surface area contributed by atoms with E-state index in [1.165, 1.54) is 17.0 Å². The largest absolute Gasteiger partial charge is 0.508 e. The molecule has 0 aliphatic carbocycles. The molecule has 1 unspecified atom stereocenters. The normalized spacial score (nSPS) is 12.3. The molecule has 1 rings (SSSR count). The van der Waals surface area contributed by atoms with Gasteiger partial charge in [0.25, 0.3) is 0 Å². The molecule has 0 heterocycles. The van der Waals surface area contributed by atoms with Crippen LogP contribution in [0.2, 0.25) is 0 Å². The van der Waals surface area contributed by atoms with E-state index in [0.29, 0.717) is 12.0 Å². The van der Waals surface area contributed by atoms with Crippen LogP contribution in [0.5, 0.6) is 11.5 Å². The summed E-state index contributed by atoms with van der Waals surface area (Å²) in [6, 6.07) is 4.41. The van der Waals surface area contributed by atoms with E-state index in [-0.39, 0.29) is 24.3 Å². The SMILES string of the molecule is C.CN(C)C(=O)Oc1cc(O)cc(C(O)CCC(C)(C)C)c1. The maximum atomic E-state index is 11.5. The zero-order valence-corrected chi connectivity index (χ0v) is 13.4. The molecule has 0 fully saturated rings. The van der Waals surface area contributed by atoms with Crippen molar-refractivity contribution in [3.05, 3.63) is 23.8 Å². The fourth-order valence-corrected chi connectivity index (χ4v) is 1.79. The maximum absolute atomic E-state index is 11.5. The first-order valence-corrected chi connectivity index (χ1v) is 6.99. The number of amides is 1. The maximum Gasteiger partial charge on any atom is 0.414 e. The van der Waals surface area contributed by atoms with Crippen LogP contribution in [-0.2, 0) is 0 Å². The van der Waals surface area contributed by atoms with Crippen molar-refractivity contribution in [2.75, 3.05) is 14.1 Å².